The van der Waals surface area contributed by atoms with Gasteiger partial charge in [-0.1, -0.05) is 0 Å². The minimum absolute atomic E-state index is 0.619. The Kier molecular flexibility index (Phi) is 5.32. The van der Waals surface area contributed by atoms with Crippen LogP contribution in [0.1, 0.15) is 13.8 Å². The number of aliphatic carboxylic acids is 1. The van der Waals surface area contributed by atoms with Crippen LogP contribution in [0.4, 0.5) is 0 Å². The summed E-state index contributed by atoms with van der Waals surface area (Å²) in [4.78, 5) is 32.3. The molecule has 15 heavy (non-hydrogen) atoms. The van der Waals surface area contributed by atoms with E-state index in [9.17, 15) is 14.4 Å². The summed E-state index contributed by atoms with van der Waals surface area (Å²) in [7, 11) is 0. The van der Waals surface area contributed by atoms with Gasteiger partial charge in [0.2, 0.25) is 11.8 Å². The normalized spacial score (nSPS) is 13.8. The van der Waals surface area contributed by atoms with Crippen LogP contribution in [-0.2, 0) is 14.4 Å². The van der Waals surface area contributed by atoms with Gasteiger partial charge in [0, 0.05) is 0 Å². The van der Waals surface area contributed by atoms with Crippen molar-refractivity contribution in [3.05, 3.63) is 0 Å². The summed E-state index contributed by atoms with van der Waals surface area (Å²) in [6.07, 6.45) is 0. The van der Waals surface area contributed by atoms with Crippen molar-refractivity contribution in [1.29, 1.82) is 0 Å². The molecular formula is C8H14N2O5. The third-order valence-electron chi connectivity index (χ3n) is 1.64. The molecule has 7 nitrogen and oxygen atoms in total. The number of amides is 2. The topological polar surface area (TPSA) is 116 Å². The minimum atomic E-state index is -1.16. The lowest BCUT2D eigenvalue weighted by molar-refractivity contribution is -0.141. The molecule has 0 saturated heterocycles. The van der Waals surface area contributed by atoms with Crippen LogP contribution in [0.2, 0.25) is 0 Å². The van der Waals surface area contributed by atoms with Gasteiger partial charge in [0.05, 0.1) is 0 Å². The molecule has 0 bridgehead atoms. The standard InChI is InChI=1S/C8H14N2O5/c1-4(9-6(12)3-11)7(13)10-5(2)8(14)15/h4-5,11H,3H2,1-2H3,(H,9,12)(H,10,13)(H,14,15). The molecule has 0 aliphatic heterocycles. The molecule has 0 heterocycles. The summed E-state index contributed by atoms with van der Waals surface area (Å²) >= 11 is 0. The van der Waals surface area contributed by atoms with Gasteiger partial charge in [0.15, 0.2) is 0 Å². The Balaban J connectivity index is 4.10. The zero-order valence-corrected chi connectivity index (χ0v) is 8.48. The maximum Gasteiger partial charge on any atom is 0.325 e. The van der Waals surface area contributed by atoms with E-state index in [0.29, 0.717) is 0 Å². The van der Waals surface area contributed by atoms with Gasteiger partial charge in [-0.15, -0.1) is 0 Å². The van der Waals surface area contributed by atoms with Crippen molar-refractivity contribution < 1.29 is 24.6 Å². The molecule has 86 valence electrons. The molecule has 0 spiro atoms. The highest BCUT2D eigenvalue weighted by atomic mass is 16.4. The number of rotatable bonds is 5. The summed E-state index contributed by atoms with van der Waals surface area (Å²) in [6, 6.07) is -1.91. The molecule has 7 heteroatoms. The number of hydrogen-bond donors (Lipinski definition) is 4. The van der Waals surface area contributed by atoms with E-state index in [1.807, 2.05) is 0 Å². The maximum absolute atomic E-state index is 11.2. The van der Waals surface area contributed by atoms with Crippen LogP contribution in [0, 0.1) is 0 Å². The smallest absolute Gasteiger partial charge is 0.325 e. The number of aliphatic hydroxyl groups excluding tert-OH is 1. The van der Waals surface area contributed by atoms with E-state index >= 15 is 0 Å². The van der Waals surface area contributed by atoms with Gasteiger partial charge in [0.25, 0.3) is 0 Å². The maximum atomic E-state index is 11.2. The molecule has 2 amide bonds. The highest BCUT2D eigenvalue weighted by Crippen LogP contribution is 1.86. The molecule has 0 fully saturated rings. The summed E-state index contributed by atoms with van der Waals surface area (Å²) in [5.74, 6) is -2.48. The molecule has 0 aromatic rings. The van der Waals surface area contributed by atoms with E-state index in [1.54, 1.807) is 0 Å². The lowest BCUT2D eigenvalue weighted by atomic mass is 10.2. The van der Waals surface area contributed by atoms with Crippen molar-refractivity contribution in [2.45, 2.75) is 25.9 Å². The Morgan fingerprint density at radius 2 is 1.67 bits per heavy atom. The van der Waals surface area contributed by atoms with Crippen molar-refractivity contribution in [3.8, 4) is 0 Å². The Bertz CT molecular complexity index is 266. The van der Waals surface area contributed by atoms with Crippen LogP contribution in [0.15, 0.2) is 0 Å². The van der Waals surface area contributed by atoms with Crippen molar-refractivity contribution in [2.24, 2.45) is 0 Å². The van der Waals surface area contributed by atoms with E-state index in [2.05, 4.69) is 10.6 Å². The molecule has 4 N–H and O–H groups in total. The summed E-state index contributed by atoms with van der Waals surface area (Å²) in [5, 5.41) is 21.2. The second-order valence-electron chi connectivity index (χ2n) is 3.02. The van der Waals surface area contributed by atoms with Crippen LogP contribution < -0.4 is 10.6 Å². The Labute approximate surface area is 86.5 Å². The van der Waals surface area contributed by atoms with Crippen LogP contribution in [0.3, 0.4) is 0 Å². The molecule has 2 atom stereocenters. The average molecular weight is 218 g/mol. The highest BCUT2D eigenvalue weighted by Gasteiger charge is 2.19. The second-order valence-corrected chi connectivity index (χ2v) is 3.02. The van der Waals surface area contributed by atoms with Crippen molar-refractivity contribution >= 4 is 17.8 Å². The van der Waals surface area contributed by atoms with E-state index in [0.717, 1.165) is 0 Å². The number of nitrogens with one attached hydrogen (secondary N) is 2. The molecule has 0 rings (SSSR count). The zero-order chi connectivity index (χ0) is 12.0. The molecule has 2 unspecified atom stereocenters. The quantitative estimate of drug-likeness (QED) is 0.429. The van der Waals surface area contributed by atoms with Gasteiger partial charge < -0.3 is 20.8 Å². The molecule has 0 aliphatic rings. The fraction of sp³-hybridized carbons (Fsp3) is 0.625. The highest BCUT2D eigenvalue weighted by molar-refractivity contribution is 5.90. The Hall–Kier alpha value is -1.63. The predicted molar refractivity (Wildman–Crippen MR) is 49.9 cm³/mol. The molecule has 0 aromatic heterocycles. The number of hydrogen-bond acceptors (Lipinski definition) is 4. The minimum Gasteiger partial charge on any atom is -0.480 e. The molecular weight excluding hydrogens is 204 g/mol. The monoisotopic (exact) mass is 218 g/mol. The molecule has 0 aliphatic carbocycles. The lowest BCUT2D eigenvalue weighted by Gasteiger charge is -2.15. The molecule has 0 radical (unpaired) electrons. The lowest BCUT2D eigenvalue weighted by Crippen LogP contribution is -2.49. The first kappa shape index (κ1) is 13.4. The average Bonchev–Trinajstić information content (AvgIpc) is 2.16. The largest absolute Gasteiger partial charge is 0.480 e. The van der Waals surface area contributed by atoms with Gasteiger partial charge in [0.1, 0.15) is 18.7 Å². The number of carbonyl (C=O) groups is 3. The first-order valence-electron chi connectivity index (χ1n) is 4.32. The third-order valence-corrected chi connectivity index (χ3v) is 1.64. The first-order chi connectivity index (χ1) is 6.88. The molecule has 0 aromatic carbocycles. The van der Waals surface area contributed by atoms with Gasteiger partial charge in [-0.05, 0) is 13.8 Å². The third kappa shape index (κ3) is 4.96. The van der Waals surface area contributed by atoms with Crippen LogP contribution in [0.5, 0.6) is 0 Å². The first-order valence-corrected chi connectivity index (χ1v) is 4.32. The molecule has 0 saturated carbocycles. The van der Waals surface area contributed by atoms with Crippen LogP contribution in [0.25, 0.3) is 0 Å². The number of aliphatic hydroxyl groups is 1. The van der Waals surface area contributed by atoms with E-state index in [-0.39, 0.29) is 0 Å². The van der Waals surface area contributed by atoms with E-state index in [4.69, 9.17) is 10.2 Å². The second kappa shape index (κ2) is 5.97. The van der Waals surface area contributed by atoms with Crippen LogP contribution in [-0.4, -0.2) is 46.7 Å². The van der Waals surface area contributed by atoms with Crippen LogP contribution >= 0.6 is 0 Å². The SMILES string of the molecule is CC(NC(=O)C(C)NC(=O)CO)C(=O)O. The zero-order valence-electron chi connectivity index (χ0n) is 8.48. The Morgan fingerprint density at radius 3 is 2.07 bits per heavy atom. The number of carboxylic acid groups (broad SMARTS) is 1. The van der Waals surface area contributed by atoms with Gasteiger partial charge in [-0.2, -0.15) is 0 Å². The van der Waals surface area contributed by atoms with E-state index < -0.39 is 36.5 Å². The van der Waals surface area contributed by atoms with Gasteiger partial charge in [-0.25, -0.2) is 0 Å². The summed E-state index contributed by atoms with van der Waals surface area (Å²) in [5.41, 5.74) is 0. The van der Waals surface area contributed by atoms with Crippen molar-refractivity contribution in [2.75, 3.05) is 6.61 Å². The Morgan fingerprint density at radius 1 is 1.13 bits per heavy atom. The van der Waals surface area contributed by atoms with Gasteiger partial charge in [-0.3, -0.25) is 14.4 Å². The van der Waals surface area contributed by atoms with Crippen molar-refractivity contribution in [3.63, 3.8) is 0 Å². The fourth-order valence-corrected chi connectivity index (χ4v) is 0.753. The number of carbonyl (C=O) groups excluding carboxylic acids is 2. The number of carboxylic acids is 1. The fourth-order valence-electron chi connectivity index (χ4n) is 0.753. The van der Waals surface area contributed by atoms with Gasteiger partial charge >= 0.3 is 5.97 Å². The van der Waals surface area contributed by atoms with E-state index in [1.165, 1.54) is 13.8 Å². The summed E-state index contributed by atoms with van der Waals surface area (Å²) in [6.45, 7) is 1.98. The predicted octanol–water partition coefficient (Wildman–Crippen LogP) is -1.93. The van der Waals surface area contributed by atoms with Crippen molar-refractivity contribution in [1.82, 2.24) is 10.6 Å². The summed E-state index contributed by atoms with van der Waals surface area (Å²) < 4.78 is 0.